The van der Waals surface area contributed by atoms with E-state index in [0.29, 0.717) is 6.42 Å². The molecule has 0 saturated heterocycles. The van der Waals surface area contributed by atoms with Crippen LogP contribution in [0.4, 0.5) is 0 Å². The van der Waals surface area contributed by atoms with Crippen LogP contribution in [-0.4, -0.2) is 47.8 Å². The van der Waals surface area contributed by atoms with Crippen molar-refractivity contribution in [2.75, 3.05) is 19.8 Å². The molecule has 0 aliphatic carbocycles. The molecule has 45 heavy (non-hydrogen) atoms. The van der Waals surface area contributed by atoms with Gasteiger partial charge in [0.2, 0.25) is 5.91 Å². The molecule has 1 amide bonds. The Balaban J connectivity index is 4.34. The number of allylic oxidation sites excluding steroid dienone is 9. The number of aliphatic hydroxyl groups excluding tert-OH is 1. The summed E-state index contributed by atoms with van der Waals surface area (Å²) < 4.78 is 21.9. The van der Waals surface area contributed by atoms with Gasteiger partial charge >= 0.3 is 7.82 Å². The molecular weight excluding hydrogens is 587 g/mol. The minimum Gasteiger partial charge on any atom is -0.387 e. The van der Waals surface area contributed by atoms with Crippen molar-refractivity contribution in [1.82, 2.24) is 5.32 Å². The Hall–Kier alpha value is -1.80. The van der Waals surface area contributed by atoms with E-state index in [1.54, 1.807) is 6.08 Å². The van der Waals surface area contributed by atoms with Gasteiger partial charge in [-0.1, -0.05) is 113 Å². The molecule has 0 fully saturated rings. The van der Waals surface area contributed by atoms with E-state index in [-0.39, 0.29) is 25.7 Å². The van der Waals surface area contributed by atoms with E-state index >= 15 is 0 Å². The van der Waals surface area contributed by atoms with Crippen LogP contribution in [0.15, 0.2) is 60.8 Å². The van der Waals surface area contributed by atoms with Crippen LogP contribution in [0, 0.1) is 0 Å². The smallest absolute Gasteiger partial charge is 0.387 e. The van der Waals surface area contributed by atoms with Crippen LogP contribution in [0.3, 0.4) is 0 Å². The summed E-state index contributed by atoms with van der Waals surface area (Å²) in [6.45, 7) is 3.80. The average Bonchev–Trinajstić information content (AvgIpc) is 3.02. The van der Waals surface area contributed by atoms with Gasteiger partial charge in [-0.05, 0) is 71.1 Å². The monoisotopic (exact) mass is 652 g/mol. The lowest BCUT2D eigenvalue weighted by molar-refractivity contribution is -0.123. The van der Waals surface area contributed by atoms with Crippen LogP contribution < -0.4 is 11.1 Å². The fourth-order valence-corrected chi connectivity index (χ4v) is 5.25. The first kappa shape index (κ1) is 43.2. The third kappa shape index (κ3) is 30.6. The molecule has 8 nitrogen and oxygen atoms in total. The lowest BCUT2D eigenvalue weighted by atomic mass is 10.1. The Morgan fingerprint density at radius 3 is 1.96 bits per heavy atom. The first-order valence-electron chi connectivity index (χ1n) is 17.4. The number of hydrogen-bond acceptors (Lipinski definition) is 6. The highest BCUT2D eigenvalue weighted by atomic mass is 31.2. The van der Waals surface area contributed by atoms with Crippen molar-refractivity contribution in [2.45, 2.75) is 142 Å². The highest BCUT2D eigenvalue weighted by Gasteiger charge is 2.26. The Bertz CT molecular complexity index is 887. The number of amides is 1. The molecule has 0 aliphatic heterocycles. The summed E-state index contributed by atoms with van der Waals surface area (Å²) in [5, 5.41) is 13.5. The largest absolute Gasteiger partial charge is 0.472 e. The van der Waals surface area contributed by atoms with Crippen molar-refractivity contribution < 1.29 is 28.4 Å². The van der Waals surface area contributed by atoms with Crippen molar-refractivity contribution >= 4 is 13.7 Å². The third-order valence-corrected chi connectivity index (χ3v) is 8.12. The van der Waals surface area contributed by atoms with Crippen LogP contribution in [0.25, 0.3) is 0 Å². The Kier molecular flexibility index (Phi) is 30.9. The van der Waals surface area contributed by atoms with E-state index in [2.05, 4.69) is 54.8 Å². The summed E-state index contributed by atoms with van der Waals surface area (Å²) in [7, 11) is -4.34. The van der Waals surface area contributed by atoms with Crippen molar-refractivity contribution in [1.29, 1.82) is 0 Å². The van der Waals surface area contributed by atoms with Gasteiger partial charge in [0.25, 0.3) is 0 Å². The molecule has 0 heterocycles. The molecule has 0 aromatic carbocycles. The maximum atomic E-state index is 12.6. The van der Waals surface area contributed by atoms with Crippen LogP contribution in [0.1, 0.15) is 129 Å². The maximum Gasteiger partial charge on any atom is 0.472 e. The third-order valence-electron chi connectivity index (χ3n) is 7.14. The first-order chi connectivity index (χ1) is 21.9. The number of hydrogen-bond donors (Lipinski definition) is 4. The van der Waals surface area contributed by atoms with E-state index in [1.165, 1.54) is 44.9 Å². The molecule has 0 aliphatic rings. The van der Waals surface area contributed by atoms with Crippen LogP contribution in [0.5, 0.6) is 0 Å². The van der Waals surface area contributed by atoms with Gasteiger partial charge in [0, 0.05) is 13.0 Å². The molecule has 3 atom stereocenters. The van der Waals surface area contributed by atoms with Gasteiger partial charge in [-0.15, -0.1) is 0 Å². The molecule has 0 spiro atoms. The number of phosphoric ester groups is 1. The zero-order chi connectivity index (χ0) is 33.3. The maximum absolute atomic E-state index is 12.6. The molecule has 260 valence electrons. The Morgan fingerprint density at radius 1 is 0.778 bits per heavy atom. The summed E-state index contributed by atoms with van der Waals surface area (Å²) in [6, 6.07) is -0.886. The van der Waals surface area contributed by atoms with Crippen LogP contribution in [0.2, 0.25) is 0 Å². The summed E-state index contributed by atoms with van der Waals surface area (Å²) in [5.41, 5.74) is 5.33. The summed E-state index contributed by atoms with van der Waals surface area (Å²) in [6.07, 6.45) is 38.6. The molecular formula is C36H65N2O6P. The number of nitrogens with two attached hydrogens (primary N) is 1. The highest BCUT2D eigenvalue weighted by molar-refractivity contribution is 7.47. The lowest BCUT2D eigenvalue weighted by Gasteiger charge is -2.23. The van der Waals surface area contributed by atoms with Gasteiger partial charge in [-0.25, -0.2) is 4.57 Å². The van der Waals surface area contributed by atoms with E-state index in [0.717, 1.165) is 64.2 Å². The molecule has 0 saturated carbocycles. The van der Waals surface area contributed by atoms with E-state index in [9.17, 15) is 19.4 Å². The fourth-order valence-electron chi connectivity index (χ4n) is 4.49. The first-order valence-corrected chi connectivity index (χ1v) is 18.9. The minimum absolute atomic E-state index is 0.0674. The predicted octanol–water partition coefficient (Wildman–Crippen LogP) is 8.77. The number of rotatable bonds is 31. The van der Waals surface area contributed by atoms with Crippen molar-refractivity contribution in [3.05, 3.63) is 60.8 Å². The molecule has 0 bridgehead atoms. The Morgan fingerprint density at radius 2 is 1.33 bits per heavy atom. The van der Waals surface area contributed by atoms with Crippen molar-refractivity contribution in [3.8, 4) is 0 Å². The quantitative estimate of drug-likeness (QED) is 0.0334. The SMILES string of the molecule is C/C=C/CC/C=C/CC/C=C/C(O)C(COP(=O)(O)OCCN)NC(=O)CCCCCCCCC/C=C\C/C=C\CCCCC. The molecule has 3 unspecified atom stereocenters. The average molecular weight is 653 g/mol. The number of aliphatic hydroxyl groups is 1. The predicted molar refractivity (Wildman–Crippen MR) is 189 cm³/mol. The van der Waals surface area contributed by atoms with Gasteiger partial charge in [-0.2, -0.15) is 0 Å². The molecule has 0 radical (unpaired) electrons. The number of unbranched alkanes of at least 4 members (excludes halogenated alkanes) is 12. The van der Waals surface area contributed by atoms with E-state index in [1.807, 2.05) is 19.1 Å². The zero-order valence-electron chi connectivity index (χ0n) is 28.3. The summed E-state index contributed by atoms with van der Waals surface area (Å²) in [5.74, 6) is -0.224. The highest BCUT2D eigenvalue weighted by Crippen LogP contribution is 2.43. The lowest BCUT2D eigenvalue weighted by Crippen LogP contribution is -2.45. The van der Waals surface area contributed by atoms with Crippen molar-refractivity contribution in [3.63, 3.8) is 0 Å². The molecule has 0 rings (SSSR count). The van der Waals surface area contributed by atoms with Gasteiger partial charge < -0.3 is 21.1 Å². The topological polar surface area (TPSA) is 131 Å². The second-order valence-corrected chi connectivity index (χ2v) is 12.8. The fraction of sp³-hybridized carbons (Fsp3) is 0.694. The zero-order valence-corrected chi connectivity index (χ0v) is 29.2. The molecule has 0 aromatic rings. The minimum atomic E-state index is -4.34. The number of carbonyl (C=O) groups is 1. The standard InChI is InChI=1S/C36H65N2O6P/c1-3-5-7-9-11-13-14-15-16-17-18-19-20-22-24-26-28-30-36(40)38-34(33-44-45(41,42)43-32-31-37)35(39)29-27-25-23-21-12-10-8-6-4-2/h4,6,11-13,15-16,21,27,29,34-35,39H,3,5,7-10,14,17-20,22-26,28,30-33,37H2,1-2H3,(H,38,40)(H,41,42)/b6-4+,13-11-,16-15-,21-12+,29-27+. The molecule has 9 heteroatoms. The second-order valence-electron chi connectivity index (χ2n) is 11.4. The normalized spacial score (nSPS) is 15.2. The van der Waals surface area contributed by atoms with Gasteiger partial charge in [0.05, 0.1) is 25.4 Å². The molecule has 0 aromatic heterocycles. The van der Waals surface area contributed by atoms with Crippen molar-refractivity contribution in [2.24, 2.45) is 5.73 Å². The van der Waals surface area contributed by atoms with Gasteiger partial charge in [0.15, 0.2) is 0 Å². The van der Waals surface area contributed by atoms with E-state index in [4.69, 9.17) is 14.8 Å². The van der Waals surface area contributed by atoms with Gasteiger partial charge in [-0.3, -0.25) is 13.8 Å². The number of phosphoric acid groups is 1. The van der Waals surface area contributed by atoms with Gasteiger partial charge in [0.1, 0.15) is 0 Å². The van der Waals surface area contributed by atoms with Crippen LogP contribution in [-0.2, 0) is 18.4 Å². The number of nitrogens with one attached hydrogen (secondary N) is 1. The summed E-state index contributed by atoms with van der Waals surface area (Å²) in [4.78, 5) is 22.5. The summed E-state index contributed by atoms with van der Waals surface area (Å²) >= 11 is 0. The number of carbonyl (C=O) groups excluding carboxylic acids is 1. The Labute approximate surface area is 274 Å². The van der Waals surface area contributed by atoms with Crippen LogP contribution >= 0.6 is 7.82 Å². The second kappa shape index (κ2) is 32.2. The molecule has 5 N–H and O–H groups in total. The van der Waals surface area contributed by atoms with E-state index < -0.39 is 20.0 Å².